The van der Waals surface area contributed by atoms with Gasteiger partial charge in [0, 0.05) is 13.3 Å². The lowest BCUT2D eigenvalue weighted by atomic mass is 9.64. The number of carboxylic acids is 1. The SMILES string of the molecule is CC(=O)O[C@H]1CCC(C)=CCC[C@@]2(C)C(CC[C@@H]2[C@@H](C)C=CC(C)C)c2ccc(cc2C(=O)O)C1. The number of rotatable bonds is 5. The van der Waals surface area contributed by atoms with E-state index in [-0.39, 0.29) is 23.4 Å². The topological polar surface area (TPSA) is 63.6 Å². The number of esters is 1. The summed E-state index contributed by atoms with van der Waals surface area (Å²) in [5, 5.41) is 10.2. The summed E-state index contributed by atoms with van der Waals surface area (Å²) < 4.78 is 5.60. The molecule has 192 valence electrons. The molecular weight excluding hydrogens is 436 g/mol. The van der Waals surface area contributed by atoms with Gasteiger partial charge in [-0.1, -0.05) is 63.6 Å². The maximum atomic E-state index is 12.4. The molecule has 1 aromatic rings. The van der Waals surface area contributed by atoms with Gasteiger partial charge in [-0.05, 0) is 91.7 Å². The van der Waals surface area contributed by atoms with Crippen molar-refractivity contribution in [3.8, 4) is 0 Å². The lowest BCUT2D eigenvalue weighted by Crippen LogP contribution is -2.32. The van der Waals surface area contributed by atoms with E-state index in [2.05, 4.69) is 65.0 Å². The van der Waals surface area contributed by atoms with E-state index in [1.54, 1.807) is 0 Å². The summed E-state index contributed by atoms with van der Waals surface area (Å²) in [7, 11) is 0. The molecule has 0 spiro atoms. The standard InChI is InChI=1S/C31H44O4/c1-20(2)9-11-22(4)28-15-16-29-26-14-12-24(19-27(26)30(33)34)18-25(35-23(5)32)13-10-21(3)8-7-17-31(28,29)6/h8-9,11-12,14,19-20,22,25,28-29H,7,10,13,15-18H2,1-6H3,(H,33,34)/t22-,25-,28+,29?,31+/m0/s1. The minimum atomic E-state index is -0.868. The van der Waals surface area contributed by atoms with Crippen molar-refractivity contribution in [2.75, 3.05) is 0 Å². The number of aromatic carboxylic acids is 1. The monoisotopic (exact) mass is 480 g/mol. The lowest BCUT2D eigenvalue weighted by molar-refractivity contribution is -0.146. The minimum absolute atomic E-state index is 0.0215. The van der Waals surface area contributed by atoms with E-state index in [1.165, 1.54) is 12.5 Å². The number of carbonyl (C=O) groups excluding carboxylic acids is 1. The van der Waals surface area contributed by atoms with Crippen molar-refractivity contribution in [2.24, 2.45) is 23.2 Å². The van der Waals surface area contributed by atoms with Gasteiger partial charge in [-0.25, -0.2) is 4.79 Å². The van der Waals surface area contributed by atoms with Gasteiger partial charge in [0.1, 0.15) is 6.10 Å². The van der Waals surface area contributed by atoms with E-state index < -0.39 is 5.97 Å². The Kier molecular flexibility index (Phi) is 9.01. The molecule has 1 unspecified atom stereocenters. The highest BCUT2D eigenvalue weighted by Crippen LogP contribution is 2.58. The molecule has 1 saturated carbocycles. The summed E-state index contributed by atoms with van der Waals surface area (Å²) >= 11 is 0. The molecule has 0 saturated heterocycles. The molecule has 35 heavy (non-hydrogen) atoms. The number of fused-ring (bicyclic) bond motifs is 8. The first-order valence-corrected chi connectivity index (χ1v) is 13.4. The molecule has 4 heteroatoms. The van der Waals surface area contributed by atoms with Crippen LogP contribution in [0.25, 0.3) is 0 Å². The summed E-state index contributed by atoms with van der Waals surface area (Å²) in [6, 6.07) is 5.94. The molecule has 2 bridgehead atoms. The van der Waals surface area contributed by atoms with E-state index in [4.69, 9.17) is 4.74 Å². The maximum Gasteiger partial charge on any atom is 0.335 e. The summed E-state index contributed by atoms with van der Waals surface area (Å²) in [4.78, 5) is 24.1. The van der Waals surface area contributed by atoms with E-state index in [1.807, 2.05) is 6.07 Å². The molecule has 5 atom stereocenters. The first-order valence-electron chi connectivity index (χ1n) is 13.4. The van der Waals surface area contributed by atoms with Crippen LogP contribution in [-0.4, -0.2) is 23.1 Å². The molecule has 4 rings (SSSR count). The molecule has 0 aliphatic heterocycles. The van der Waals surface area contributed by atoms with Crippen molar-refractivity contribution in [2.45, 2.75) is 98.5 Å². The second-order valence-corrected chi connectivity index (χ2v) is 11.5. The van der Waals surface area contributed by atoms with E-state index >= 15 is 0 Å². The highest BCUT2D eigenvalue weighted by Gasteiger charge is 2.48. The minimum Gasteiger partial charge on any atom is -0.478 e. The Labute approximate surface area is 211 Å². The molecular formula is C31H44O4. The Morgan fingerprint density at radius 1 is 1.14 bits per heavy atom. The highest BCUT2D eigenvalue weighted by molar-refractivity contribution is 5.90. The van der Waals surface area contributed by atoms with Crippen LogP contribution >= 0.6 is 0 Å². The Morgan fingerprint density at radius 2 is 1.89 bits per heavy atom. The van der Waals surface area contributed by atoms with Crippen LogP contribution in [0.5, 0.6) is 0 Å². The number of allylic oxidation sites excluding steroid dienone is 4. The predicted molar refractivity (Wildman–Crippen MR) is 142 cm³/mol. The third-order valence-electron chi connectivity index (χ3n) is 8.40. The molecule has 4 nitrogen and oxygen atoms in total. The van der Waals surface area contributed by atoms with Crippen LogP contribution < -0.4 is 0 Å². The Balaban J connectivity index is 2.06. The van der Waals surface area contributed by atoms with Crippen LogP contribution in [0.1, 0.15) is 107 Å². The van der Waals surface area contributed by atoms with Gasteiger partial charge >= 0.3 is 11.9 Å². The smallest absolute Gasteiger partial charge is 0.335 e. The number of carboxylic acid groups (broad SMARTS) is 1. The fraction of sp³-hybridized carbons (Fsp3) is 0.613. The number of carbonyl (C=O) groups is 2. The van der Waals surface area contributed by atoms with Crippen LogP contribution in [0.2, 0.25) is 0 Å². The normalized spacial score (nSPS) is 28.4. The van der Waals surface area contributed by atoms with Crippen molar-refractivity contribution in [1.29, 1.82) is 0 Å². The zero-order valence-corrected chi connectivity index (χ0v) is 22.5. The van der Waals surface area contributed by atoms with Crippen LogP contribution in [-0.2, 0) is 16.0 Å². The van der Waals surface area contributed by atoms with Crippen molar-refractivity contribution in [1.82, 2.24) is 0 Å². The van der Waals surface area contributed by atoms with Crippen LogP contribution in [0.3, 0.4) is 0 Å². The van der Waals surface area contributed by atoms with Crippen LogP contribution in [0, 0.1) is 23.2 Å². The lowest BCUT2D eigenvalue weighted by Gasteiger charge is -2.40. The van der Waals surface area contributed by atoms with Crippen molar-refractivity contribution >= 4 is 11.9 Å². The van der Waals surface area contributed by atoms with Gasteiger partial charge < -0.3 is 9.84 Å². The molecule has 1 fully saturated rings. The molecule has 0 radical (unpaired) electrons. The molecule has 3 aliphatic rings. The Hall–Kier alpha value is -2.36. The number of hydrogen-bond acceptors (Lipinski definition) is 3. The first kappa shape index (κ1) is 27.2. The third kappa shape index (κ3) is 6.65. The zero-order valence-electron chi connectivity index (χ0n) is 22.5. The predicted octanol–water partition coefficient (Wildman–Crippen LogP) is 7.73. The van der Waals surface area contributed by atoms with Crippen LogP contribution in [0.15, 0.2) is 42.0 Å². The number of benzene rings is 1. The van der Waals surface area contributed by atoms with Gasteiger partial charge in [-0.15, -0.1) is 0 Å². The summed E-state index contributed by atoms with van der Waals surface area (Å²) in [6.07, 6.45) is 13.1. The zero-order chi connectivity index (χ0) is 25.8. The number of hydrogen-bond donors (Lipinski definition) is 1. The summed E-state index contributed by atoms with van der Waals surface area (Å²) in [6.45, 7) is 12.8. The first-order chi connectivity index (χ1) is 16.5. The molecule has 0 amide bonds. The Bertz CT molecular complexity index is 972. The van der Waals surface area contributed by atoms with Crippen molar-refractivity contribution in [3.63, 3.8) is 0 Å². The summed E-state index contributed by atoms with van der Waals surface area (Å²) in [5.41, 5.74) is 3.65. The molecule has 0 aromatic heterocycles. The largest absolute Gasteiger partial charge is 0.478 e. The van der Waals surface area contributed by atoms with E-state index in [0.717, 1.165) is 49.7 Å². The van der Waals surface area contributed by atoms with Gasteiger partial charge in [-0.3, -0.25) is 4.79 Å². The Morgan fingerprint density at radius 3 is 2.54 bits per heavy atom. The molecule has 0 heterocycles. The summed E-state index contributed by atoms with van der Waals surface area (Å²) in [5.74, 6) is 0.545. The average molecular weight is 481 g/mol. The third-order valence-corrected chi connectivity index (χ3v) is 8.40. The van der Waals surface area contributed by atoms with Gasteiger partial charge in [0.2, 0.25) is 0 Å². The van der Waals surface area contributed by atoms with Gasteiger partial charge in [0.15, 0.2) is 0 Å². The number of ether oxygens (including phenoxy) is 1. The van der Waals surface area contributed by atoms with Crippen molar-refractivity contribution in [3.05, 3.63) is 58.7 Å². The van der Waals surface area contributed by atoms with Crippen molar-refractivity contribution < 1.29 is 19.4 Å². The van der Waals surface area contributed by atoms with Gasteiger partial charge in [0.05, 0.1) is 5.56 Å². The second kappa shape index (κ2) is 11.6. The molecule has 1 N–H and O–H groups in total. The second-order valence-electron chi connectivity index (χ2n) is 11.5. The molecule has 3 aliphatic carbocycles. The van der Waals surface area contributed by atoms with E-state index in [0.29, 0.717) is 29.7 Å². The van der Waals surface area contributed by atoms with Gasteiger partial charge in [0.25, 0.3) is 0 Å². The van der Waals surface area contributed by atoms with Gasteiger partial charge in [-0.2, -0.15) is 0 Å². The van der Waals surface area contributed by atoms with E-state index in [9.17, 15) is 14.7 Å². The average Bonchev–Trinajstić information content (AvgIpc) is 3.11. The van der Waals surface area contributed by atoms with Crippen LogP contribution in [0.4, 0.5) is 0 Å². The highest BCUT2D eigenvalue weighted by atomic mass is 16.5. The maximum absolute atomic E-state index is 12.4. The molecule has 1 aromatic carbocycles. The fourth-order valence-corrected chi connectivity index (χ4v) is 6.57. The fourth-order valence-electron chi connectivity index (χ4n) is 6.57. The quantitative estimate of drug-likeness (QED) is 0.346.